The predicted octanol–water partition coefficient (Wildman–Crippen LogP) is 6.59. The highest BCUT2D eigenvalue weighted by molar-refractivity contribution is 14.1. The van der Waals surface area contributed by atoms with Crippen LogP contribution in [0.5, 0.6) is 11.5 Å². The van der Waals surface area contributed by atoms with E-state index < -0.39 is 10.9 Å². The number of cyclic esters (lactones) is 1. The second kappa shape index (κ2) is 11.2. The SMILES string of the molecule is CCOc1cc(/C=C2\N=C(c3ccc(C)c([N+](=O)[O-])c3)OC2=O)cc(I)c1OCc1ccccc1Br. The Labute approximate surface area is 229 Å². The molecule has 1 aliphatic rings. The van der Waals surface area contributed by atoms with E-state index in [9.17, 15) is 14.9 Å². The molecule has 4 rings (SSSR count). The summed E-state index contributed by atoms with van der Waals surface area (Å²) >= 11 is 5.69. The van der Waals surface area contributed by atoms with Gasteiger partial charge in [0.25, 0.3) is 5.69 Å². The molecule has 0 radical (unpaired) electrons. The summed E-state index contributed by atoms with van der Waals surface area (Å²) in [6, 6.07) is 16.0. The number of hydrogen-bond donors (Lipinski definition) is 0. The van der Waals surface area contributed by atoms with E-state index in [0.29, 0.717) is 41.4 Å². The van der Waals surface area contributed by atoms with Crippen molar-refractivity contribution in [3.63, 3.8) is 0 Å². The predicted molar refractivity (Wildman–Crippen MR) is 147 cm³/mol. The van der Waals surface area contributed by atoms with Gasteiger partial charge in [-0.2, -0.15) is 0 Å². The van der Waals surface area contributed by atoms with Gasteiger partial charge in [0.2, 0.25) is 5.90 Å². The van der Waals surface area contributed by atoms with E-state index in [2.05, 4.69) is 43.5 Å². The van der Waals surface area contributed by atoms with E-state index in [0.717, 1.165) is 13.6 Å². The number of carbonyl (C=O) groups excluding carboxylic acids is 1. The number of rotatable bonds is 8. The van der Waals surface area contributed by atoms with Gasteiger partial charge < -0.3 is 14.2 Å². The van der Waals surface area contributed by atoms with Gasteiger partial charge in [-0.3, -0.25) is 10.1 Å². The van der Waals surface area contributed by atoms with Crippen LogP contribution in [0.4, 0.5) is 5.69 Å². The van der Waals surface area contributed by atoms with Crippen molar-refractivity contribution in [1.82, 2.24) is 0 Å². The highest BCUT2D eigenvalue weighted by atomic mass is 127. The van der Waals surface area contributed by atoms with E-state index in [4.69, 9.17) is 14.2 Å². The van der Waals surface area contributed by atoms with Crippen molar-refractivity contribution in [2.75, 3.05) is 6.61 Å². The van der Waals surface area contributed by atoms with Gasteiger partial charge in [0.15, 0.2) is 17.2 Å². The summed E-state index contributed by atoms with van der Waals surface area (Å²) in [5, 5.41) is 11.3. The molecule has 184 valence electrons. The zero-order chi connectivity index (χ0) is 25.8. The maximum absolute atomic E-state index is 12.5. The number of nitrogens with zero attached hydrogens (tertiary/aromatic N) is 2. The minimum Gasteiger partial charge on any atom is -0.490 e. The molecule has 3 aromatic rings. The average molecular weight is 663 g/mol. The number of ether oxygens (including phenoxy) is 3. The van der Waals surface area contributed by atoms with Crippen LogP contribution in [0.2, 0.25) is 0 Å². The van der Waals surface area contributed by atoms with Gasteiger partial charge in [0.05, 0.1) is 15.1 Å². The number of esters is 1. The van der Waals surface area contributed by atoms with Crippen LogP contribution in [0.15, 0.2) is 69.8 Å². The van der Waals surface area contributed by atoms with E-state index in [1.54, 1.807) is 31.2 Å². The molecule has 3 aromatic carbocycles. The van der Waals surface area contributed by atoms with Crippen LogP contribution < -0.4 is 9.47 Å². The molecule has 0 spiro atoms. The summed E-state index contributed by atoms with van der Waals surface area (Å²) in [6.45, 7) is 4.29. The molecule has 8 nitrogen and oxygen atoms in total. The zero-order valence-corrected chi connectivity index (χ0v) is 23.0. The Hall–Kier alpha value is -3.25. The molecule has 10 heteroatoms. The van der Waals surface area contributed by atoms with Gasteiger partial charge in [0.1, 0.15) is 6.61 Å². The minimum absolute atomic E-state index is 0.0162. The molecule has 0 unspecified atom stereocenters. The second-order valence-electron chi connectivity index (χ2n) is 7.74. The lowest BCUT2D eigenvalue weighted by molar-refractivity contribution is -0.385. The summed E-state index contributed by atoms with van der Waals surface area (Å²) in [5.41, 5.74) is 2.52. The van der Waals surface area contributed by atoms with Gasteiger partial charge in [-0.1, -0.05) is 40.2 Å². The van der Waals surface area contributed by atoms with E-state index in [-0.39, 0.29) is 17.3 Å². The summed E-state index contributed by atoms with van der Waals surface area (Å²) in [6.07, 6.45) is 1.58. The number of nitro groups is 1. The van der Waals surface area contributed by atoms with Crippen molar-refractivity contribution < 1.29 is 23.9 Å². The monoisotopic (exact) mass is 662 g/mol. The lowest BCUT2D eigenvalue weighted by Crippen LogP contribution is -2.06. The van der Waals surface area contributed by atoms with Crippen molar-refractivity contribution in [3.05, 3.63) is 101 Å². The second-order valence-corrected chi connectivity index (χ2v) is 9.75. The molecule has 0 fully saturated rings. The molecule has 0 N–H and O–H groups in total. The van der Waals surface area contributed by atoms with E-state index in [1.807, 2.05) is 37.3 Å². The minimum atomic E-state index is -0.643. The number of benzene rings is 3. The Kier molecular flexibility index (Phi) is 8.04. The summed E-state index contributed by atoms with van der Waals surface area (Å²) in [4.78, 5) is 27.6. The van der Waals surface area contributed by atoms with Crippen molar-refractivity contribution in [2.45, 2.75) is 20.5 Å². The fourth-order valence-electron chi connectivity index (χ4n) is 3.47. The molecule has 0 bridgehead atoms. The molecule has 1 aliphatic heterocycles. The van der Waals surface area contributed by atoms with Crippen LogP contribution in [-0.4, -0.2) is 23.4 Å². The molecule has 36 heavy (non-hydrogen) atoms. The number of carbonyl (C=O) groups is 1. The Bertz CT molecular complexity index is 1420. The third-order valence-electron chi connectivity index (χ3n) is 5.24. The summed E-state index contributed by atoms with van der Waals surface area (Å²) < 4.78 is 18.9. The molecule has 0 amide bonds. The number of hydrogen-bond acceptors (Lipinski definition) is 7. The summed E-state index contributed by atoms with van der Waals surface area (Å²) in [5.74, 6) is 0.506. The van der Waals surface area contributed by atoms with Crippen LogP contribution in [0.25, 0.3) is 6.08 Å². The molecular weight excluding hydrogens is 643 g/mol. The average Bonchev–Trinajstić information content (AvgIpc) is 3.20. The maximum atomic E-state index is 12.5. The van der Waals surface area contributed by atoms with Gasteiger partial charge in [-0.25, -0.2) is 9.79 Å². The zero-order valence-electron chi connectivity index (χ0n) is 19.3. The number of aryl methyl sites for hydroxylation is 1. The highest BCUT2D eigenvalue weighted by Gasteiger charge is 2.26. The normalized spacial score (nSPS) is 13.9. The number of halogens is 2. The maximum Gasteiger partial charge on any atom is 0.363 e. The van der Waals surface area contributed by atoms with Gasteiger partial charge in [-0.05, 0) is 72.3 Å². The topological polar surface area (TPSA) is 100 Å². The molecule has 0 aromatic heterocycles. The Morgan fingerprint density at radius 3 is 2.67 bits per heavy atom. The van der Waals surface area contributed by atoms with Crippen LogP contribution in [0.3, 0.4) is 0 Å². The highest BCUT2D eigenvalue weighted by Crippen LogP contribution is 2.36. The van der Waals surface area contributed by atoms with Crippen molar-refractivity contribution >= 4 is 62.2 Å². The molecular formula is C26H20BrIN2O6. The first-order valence-corrected chi connectivity index (χ1v) is 12.7. The smallest absolute Gasteiger partial charge is 0.363 e. The first-order chi connectivity index (χ1) is 17.3. The van der Waals surface area contributed by atoms with Crippen molar-refractivity contribution in [3.8, 4) is 11.5 Å². The van der Waals surface area contributed by atoms with Crippen LogP contribution in [0.1, 0.15) is 29.2 Å². The lowest BCUT2D eigenvalue weighted by atomic mass is 10.1. The van der Waals surface area contributed by atoms with Crippen molar-refractivity contribution in [1.29, 1.82) is 0 Å². The quantitative estimate of drug-likeness (QED) is 0.0887. The van der Waals surface area contributed by atoms with Crippen LogP contribution >= 0.6 is 38.5 Å². The van der Waals surface area contributed by atoms with Crippen LogP contribution in [0, 0.1) is 20.6 Å². The number of aliphatic imine (C=N–C) groups is 1. The lowest BCUT2D eigenvalue weighted by Gasteiger charge is -2.15. The van der Waals surface area contributed by atoms with Gasteiger partial charge in [-0.15, -0.1) is 0 Å². The fraction of sp³-hybridized carbons (Fsp3) is 0.154. The molecule has 1 heterocycles. The first kappa shape index (κ1) is 25.8. The third kappa shape index (κ3) is 5.76. The van der Waals surface area contributed by atoms with Gasteiger partial charge in [0, 0.05) is 27.2 Å². The standard InChI is InChI=1S/C26H20BrIN2O6/c1-3-34-23-12-16(10-20(28)24(23)35-14-18-6-4-5-7-19(18)27)11-21-26(31)36-25(29-21)17-9-8-15(2)22(13-17)30(32)33/h4-13H,3,14H2,1-2H3/b21-11-. The van der Waals surface area contributed by atoms with Gasteiger partial charge >= 0.3 is 5.97 Å². The third-order valence-corrected chi connectivity index (χ3v) is 6.81. The van der Waals surface area contributed by atoms with Crippen LogP contribution in [-0.2, 0) is 16.1 Å². The molecule has 0 atom stereocenters. The van der Waals surface area contributed by atoms with Crippen molar-refractivity contribution in [2.24, 2.45) is 4.99 Å². The molecule has 0 aliphatic carbocycles. The largest absolute Gasteiger partial charge is 0.490 e. The fourth-order valence-corrected chi connectivity index (χ4v) is 4.65. The molecule has 0 saturated carbocycles. The summed E-state index contributed by atoms with van der Waals surface area (Å²) in [7, 11) is 0. The van der Waals surface area contributed by atoms with E-state index in [1.165, 1.54) is 6.07 Å². The number of nitro benzene ring substituents is 1. The molecule has 0 saturated heterocycles. The Morgan fingerprint density at radius 1 is 1.17 bits per heavy atom. The van der Waals surface area contributed by atoms with E-state index >= 15 is 0 Å². The first-order valence-electron chi connectivity index (χ1n) is 10.9. The Balaban J connectivity index is 1.63. The Morgan fingerprint density at radius 2 is 1.94 bits per heavy atom.